The monoisotopic (exact) mass is 464 g/mol. The molecule has 1 fully saturated rings. The smallest absolute Gasteiger partial charge is 0.271 e. The maximum atomic E-state index is 12.7. The van der Waals surface area contributed by atoms with Gasteiger partial charge >= 0.3 is 0 Å². The van der Waals surface area contributed by atoms with E-state index in [1.165, 1.54) is 11.1 Å². The van der Waals surface area contributed by atoms with Crippen LogP contribution in [0.5, 0.6) is 5.75 Å². The van der Waals surface area contributed by atoms with Crippen LogP contribution in [0.2, 0.25) is 0 Å². The van der Waals surface area contributed by atoms with Crippen molar-refractivity contribution in [2.45, 2.75) is 44.6 Å². The highest BCUT2D eigenvalue weighted by atomic mass is 16.5. The molecule has 0 unspecified atom stereocenters. The number of carbonyl (C=O) groups excluding carboxylic acids is 2. The summed E-state index contributed by atoms with van der Waals surface area (Å²) < 4.78 is 6.06. The molecule has 2 aromatic rings. The van der Waals surface area contributed by atoms with Crippen molar-refractivity contribution in [1.29, 1.82) is 0 Å². The summed E-state index contributed by atoms with van der Waals surface area (Å²) in [6.07, 6.45) is 0.298. The van der Waals surface area contributed by atoms with Gasteiger partial charge in [-0.3, -0.25) is 19.4 Å². The van der Waals surface area contributed by atoms with Crippen LogP contribution in [0.15, 0.2) is 42.5 Å². The van der Waals surface area contributed by atoms with Crippen molar-refractivity contribution < 1.29 is 19.4 Å². The highest BCUT2D eigenvalue weighted by molar-refractivity contribution is 6.03. The molecule has 3 N–H and O–H groups in total. The molecule has 1 atom stereocenters. The second kappa shape index (κ2) is 9.02. The minimum atomic E-state index is -0.847. The topological polar surface area (TPSA) is 94.1 Å². The third-order valence-electron chi connectivity index (χ3n) is 7.03. The number of rotatable bonds is 6. The molecule has 0 radical (unpaired) electrons. The molecule has 8 nitrogen and oxygen atoms in total. The highest BCUT2D eigenvalue weighted by Crippen LogP contribution is 2.39. The zero-order valence-corrected chi connectivity index (χ0v) is 19.7. The van der Waals surface area contributed by atoms with Crippen LogP contribution in [-0.4, -0.2) is 77.2 Å². The Kier molecular flexibility index (Phi) is 6.06. The van der Waals surface area contributed by atoms with Crippen LogP contribution < -0.4 is 15.4 Å². The van der Waals surface area contributed by atoms with Crippen molar-refractivity contribution >= 4 is 17.5 Å². The van der Waals surface area contributed by atoms with E-state index in [4.69, 9.17) is 4.74 Å². The van der Waals surface area contributed by atoms with Crippen LogP contribution in [0.1, 0.15) is 35.3 Å². The number of aliphatic hydroxyl groups excluding tert-OH is 1. The Morgan fingerprint density at radius 1 is 1.21 bits per heavy atom. The Morgan fingerprint density at radius 2 is 1.97 bits per heavy atom. The fourth-order valence-electron chi connectivity index (χ4n) is 4.92. The summed E-state index contributed by atoms with van der Waals surface area (Å²) in [5.41, 5.74) is 2.73. The molecule has 0 aromatic heterocycles. The van der Waals surface area contributed by atoms with Crippen LogP contribution in [0.25, 0.3) is 0 Å². The zero-order valence-electron chi connectivity index (χ0n) is 19.7. The highest BCUT2D eigenvalue weighted by Gasteiger charge is 2.54. The normalized spacial score (nSPS) is 20.1. The summed E-state index contributed by atoms with van der Waals surface area (Å²) in [6.45, 7) is 7.65. The molecule has 1 saturated heterocycles. The molecule has 3 heterocycles. The van der Waals surface area contributed by atoms with Crippen LogP contribution in [0, 0.1) is 0 Å². The maximum Gasteiger partial charge on any atom is 0.271 e. The Hall–Kier alpha value is -2.94. The predicted octanol–water partition coefficient (Wildman–Crippen LogP) is 1.63. The first-order chi connectivity index (χ1) is 16.3. The van der Waals surface area contributed by atoms with E-state index in [0.29, 0.717) is 42.7 Å². The number of benzene rings is 2. The van der Waals surface area contributed by atoms with Gasteiger partial charge in [-0.1, -0.05) is 24.3 Å². The molecule has 3 aliphatic heterocycles. The predicted molar refractivity (Wildman–Crippen MR) is 129 cm³/mol. The number of nitrogens with zero attached hydrogens (tertiary/aromatic N) is 2. The van der Waals surface area contributed by atoms with E-state index in [1.807, 2.05) is 6.07 Å². The number of amides is 2. The number of ether oxygens (including phenoxy) is 1. The van der Waals surface area contributed by atoms with E-state index in [2.05, 4.69) is 52.5 Å². The molecule has 3 aliphatic rings. The van der Waals surface area contributed by atoms with Crippen molar-refractivity contribution in [3.63, 3.8) is 0 Å². The zero-order chi connectivity index (χ0) is 23.9. The molecule has 8 heteroatoms. The molecule has 2 aromatic carbocycles. The minimum Gasteiger partial charge on any atom is -0.472 e. The molecule has 2 amide bonds. The van der Waals surface area contributed by atoms with Crippen molar-refractivity contribution in [2.24, 2.45) is 0 Å². The largest absolute Gasteiger partial charge is 0.472 e. The van der Waals surface area contributed by atoms with Gasteiger partial charge in [0.15, 0.2) is 0 Å². The van der Waals surface area contributed by atoms with Gasteiger partial charge in [-0.15, -0.1) is 0 Å². The number of β-amino-alcohol motifs (C(OH)–C–C–N with tert-alkyl or cyclic N) is 1. The van der Waals surface area contributed by atoms with E-state index in [9.17, 15) is 14.7 Å². The Morgan fingerprint density at radius 3 is 2.74 bits per heavy atom. The fraction of sp³-hybridized carbons (Fsp3) is 0.462. The lowest BCUT2D eigenvalue weighted by molar-refractivity contribution is -0.152. The SMILES string of the molecule is CC(C)N1CC2(C1)Oc1ccc(C(=O)NC[C@H](O)CN3CCc4ccccc4C3)cc1NC2=O. The Labute approximate surface area is 199 Å². The van der Waals surface area contributed by atoms with E-state index >= 15 is 0 Å². The number of nitrogens with one attached hydrogen (secondary N) is 2. The van der Waals surface area contributed by atoms with Gasteiger partial charge < -0.3 is 20.5 Å². The van der Waals surface area contributed by atoms with Crippen molar-refractivity contribution in [2.75, 3.05) is 38.0 Å². The summed E-state index contributed by atoms with van der Waals surface area (Å²) >= 11 is 0. The van der Waals surface area contributed by atoms with Gasteiger partial charge in [-0.2, -0.15) is 0 Å². The lowest BCUT2D eigenvalue weighted by Gasteiger charge is -2.51. The molecule has 180 valence electrons. The number of fused-ring (bicyclic) bond motifs is 2. The van der Waals surface area contributed by atoms with Gasteiger partial charge in [0.25, 0.3) is 11.8 Å². The van der Waals surface area contributed by atoms with Crippen LogP contribution >= 0.6 is 0 Å². The molecule has 5 rings (SSSR count). The summed E-state index contributed by atoms with van der Waals surface area (Å²) in [5, 5.41) is 16.2. The van der Waals surface area contributed by atoms with Crippen molar-refractivity contribution in [3.8, 4) is 5.75 Å². The maximum absolute atomic E-state index is 12.7. The van der Waals surface area contributed by atoms with Crippen LogP contribution in [-0.2, 0) is 17.8 Å². The molecule has 34 heavy (non-hydrogen) atoms. The van der Waals surface area contributed by atoms with Crippen molar-refractivity contribution in [1.82, 2.24) is 15.1 Å². The van der Waals surface area contributed by atoms with Gasteiger partial charge in [0.1, 0.15) is 5.75 Å². The van der Waals surface area contributed by atoms with Crippen LogP contribution in [0.4, 0.5) is 5.69 Å². The first kappa shape index (κ1) is 22.8. The quantitative estimate of drug-likeness (QED) is 0.602. The Bertz CT molecular complexity index is 1100. The van der Waals surface area contributed by atoms with E-state index in [1.54, 1.807) is 18.2 Å². The molecule has 1 spiro atoms. The van der Waals surface area contributed by atoms with E-state index in [0.717, 1.165) is 19.5 Å². The number of likely N-dealkylation sites (tertiary alicyclic amines) is 1. The first-order valence-corrected chi connectivity index (χ1v) is 12.0. The van der Waals surface area contributed by atoms with Crippen LogP contribution in [0.3, 0.4) is 0 Å². The average molecular weight is 465 g/mol. The number of aliphatic hydroxyl groups is 1. The molecule has 0 bridgehead atoms. The second-order valence-electron chi connectivity index (χ2n) is 9.88. The van der Waals surface area contributed by atoms with Gasteiger partial charge in [0, 0.05) is 50.9 Å². The van der Waals surface area contributed by atoms with Crippen molar-refractivity contribution in [3.05, 3.63) is 59.2 Å². The average Bonchev–Trinajstić information content (AvgIpc) is 2.80. The molecule has 0 aliphatic carbocycles. The lowest BCUT2D eigenvalue weighted by atomic mass is 9.89. The third-order valence-corrected chi connectivity index (χ3v) is 7.03. The summed E-state index contributed by atoms with van der Waals surface area (Å²) in [7, 11) is 0. The van der Waals surface area contributed by atoms with Gasteiger partial charge in [-0.05, 0) is 49.6 Å². The van der Waals surface area contributed by atoms with E-state index in [-0.39, 0.29) is 18.4 Å². The standard InChI is InChI=1S/C26H32N4O4/c1-17(2)30-15-26(16-30)25(33)28-22-11-19(7-8-23(22)34-26)24(32)27-12-21(31)14-29-10-9-18-5-3-4-6-20(18)13-29/h3-8,11,17,21,31H,9-10,12-16H2,1-2H3,(H,27,32)(H,28,33)/t21-/m0/s1. The third kappa shape index (κ3) is 4.41. The number of carbonyl (C=O) groups is 2. The number of hydrogen-bond acceptors (Lipinski definition) is 6. The Balaban J connectivity index is 1.14. The minimum absolute atomic E-state index is 0.158. The summed E-state index contributed by atoms with van der Waals surface area (Å²) in [4.78, 5) is 29.8. The molecular formula is C26H32N4O4. The second-order valence-corrected chi connectivity index (χ2v) is 9.88. The van der Waals surface area contributed by atoms with Gasteiger partial charge in [-0.25, -0.2) is 0 Å². The van der Waals surface area contributed by atoms with Gasteiger partial charge in [0.2, 0.25) is 5.60 Å². The number of hydrogen-bond donors (Lipinski definition) is 3. The first-order valence-electron chi connectivity index (χ1n) is 12.0. The lowest BCUT2D eigenvalue weighted by Crippen LogP contribution is -2.72. The van der Waals surface area contributed by atoms with E-state index < -0.39 is 11.7 Å². The van der Waals surface area contributed by atoms with Gasteiger partial charge in [0.05, 0.1) is 11.8 Å². The number of anilines is 1. The molecule has 0 saturated carbocycles. The summed E-state index contributed by atoms with van der Waals surface area (Å²) in [6, 6.07) is 13.8. The summed E-state index contributed by atoms with van der Waals surface area (Å²) in [5.74, 6) is 0.105. The fourth-order valence-corrected chi connectivity index (χ4v) is 4.92. The molecular weight excluding hydrogens is 432 g/mol.